The van der Waals surface area contributed by atoms with Crippen LogP contribution in [0.5, 0.6) is 5.75 Å². The van der Waals surface area contributed by atoms with E-state index in [0.717, 1.165) is 25.2 Å². The second kappa shape index (κ2) is 4.56. The zero-order valence-corrected chi connectivity index (χ0v) is 10.9. The summed E-state index contributed by atoms with van der Waals surface area (Å²) in [5.74, 6) is 1.70. The number of rotatable bonds is 2. The highest BCUT2D eigenvalue weighted by Crippen LogP contribution is 2.34. The Kier molecular flexibility index (Phi) is 3.35. The van der Waals surface area contributed by atoms with E-state index in [-0.39, 0.29) is 0 Å². The molecule has 1 atom stereocenters. The first-order valence-electron chi connectivity index (χ1n) is 5.58. The van der Waals surface area contributed by atoms with Gasteiger partial charge in [0.25, 0.3) is 0 Å². The van der Waals surface area contributed by atoms with Crippen molar-refractivity contribution in [3.8, 4) is 5.75 Å². The first-order valence-corrected chi connectivity index (χ1v) is 6.49. The summed E-state index contributed by atoms with van der Waals surface area (Å²) in [6.45, 7) is 5.33. The van der Waals surface area contributed by atoms with Crippen LogP contribution in [0.25, 0.3) is 0 Å². The van der Waals surface area contributed by atoms with Gasteiger partial charge in [0.1, 0.15) is 5.75 Å². The lowest BCUT2D eigenvalue weighted by atomic mass is 9.98. The van der Waals surface area contributed by atoms with Crippen LogP contribution in [0.15, 0.2) is 18.2 Å². The largest absolute Gasteiger partial charge is 0.493 e. The van der Waals surface area contributed by atoms with E-state index in [9.17, 15) is 0 Å². The Morgan fingerprint density at radius 1 is 1.33 bits per heavy atom. The van der Waals surface area contributed by atoms with Crippen LogP contribution in [-0.2, 0) is 6.42 Å². The molecular formula is C13H17BrO. The van der Waals surface area contributed by atoms with Crippen molar-refractivity contribution < 1.29 is 4.74 Å². The highest BCUT2D eigenvalue weighted by molar-refractivity contribution is 9.09. The zero-order chi connectivity index (χ0) is 10.8. The highest BCUT2D eigenvalue weighted by Gasteiger charge is 2.16. The lowest BCUT2D eigenvalue weighted by Gasteiger charge is -2.20. The van der Waals surface area contributed by atoms with E-state index in [1.54, 1.807) is 0 Å². The molecule has 0 aliphatic carbocycles. The van der Waals surface area contributed by atoms with Crippen LogP contribution in [0.4, 0.5) is 0 Å². The number of halogens is 1. The van der Waals surface area contributed by atoms with Crippen molar-refractivity contribution in [2.24, 2.45) is 5.92 Å². The van der Waals surface area contributed by atoms with Crippen molar-refractivity contribution >= 4 is 15.9 Å². The average Bonchev–Trinajstić information content (AvgIpc) is 2.27. The van der Waals surface area contributed by atoms with Crippen molar-refractivity contribution in [1.29, 1.82) is 0 Å². The maximum absolute atomic E-state index is 5.60. The number of hydrogen-bond acceptors (Lipinski definition) is 1. The normalized spacial score (nSPS) is 17.1. The molecule has 0 saturated carbocycles. The quantitative estimate of drug-likeness (QED) is 0.734. The summed E-state index contributed by atoms with van der Waals surface area (Å²) in [4.78, 5) is 0.449. The number of ether oxygens (including phenoxy) is 1. The predicted octanol–water partition coefficient (Wildman–Crippen LogP) is 4.10. The van der Waals surface area contributed by atoms with Gasteiger partial charge in [-0.25, -0.2) is 0 Å². The molecule has 1 heterocycles. The fraction of sp³-hybridized carbons (Fsp3) is 0.538. The van der Waals surface area contributed by atoms with Gasteiger partial charge in [0.05, 0.1) is 6.61 Å². The summed E-state index contributed by atoms with van der Waals surface area (Å²) < 4.78 is 5.60. The molecule has 2 heteroatoms. The van der Waals surface area contributed by atoms with Gasteiger partial charge in [0, 0.05) is 4.83 Å². The van der Waals surface area contributed by atoms with Crippen molar-refractivity contribution in [3.63, 3.8) is 0 Å². The van der Waals surface area contributed by atoms with Gasteiger partial charge in [-0.05, 0) is 36.0 Å². The predicted molar refractivity (Wildman–Crippen MR) is 66.8 cm³/mol. The number of benzene rings is 1. The molecule has 1 nitrogen and oxygen atoms in total. The third-order valence-electron chi connectivity index (χ3n) is 2.84. The number of aryl methyl sites for hydroxylation is 1. The molecule has 0 N–H and O–H groups in total. The Morgan fingerprint density at radius 2 is 2.13 bits per heavy atom. The Labute approximate surface area is 100.0 Å². The minimum Gasteiger partial charge on any atom is -0.493 e. The van der Waals surface area contributed by atoms with Crippen molar-refractivity contribution in [1.82, 2.24) is 0 Å². The topological polar surface area (TPSA) is 9.23 Å². The van der Waals surface area contributed by atoms with Crippen molar-refractivity contribution in [2.75, 3.05) is 6.61 Å². The lowest BCUT2D eigenvalue weighted by Crippen LogP contribution is -2.09. The minimum atomic E-state index is 0.449. The maximum atomic E-state index is 5.60. The van der Waals surface area contributed by atoms with Gasteiger partial charge < -0.3 is 4.74 Å². The average molecular weight is 269 g/mol. The second-order valence-corrected chi connectivity index (χ2v) is 5.45. The van der Waals surface area contributed by atoms with Gasteiger partial charge >= 0.3 is 0 Å². The Balaban J connectivity index is 2.27. The third-order valence-corrected chi connectivity index (χ3v) is 4.42. The molecule has 1 aliphatic rings. The monoisotopic (exact) mass is 268 g/mol. The molecule has 1 aliphatic heterocycles. The van der Waals surface area contributed by atoms with E-state index in [4.69, 9.17) is 4.74 Å². The van der Waals surface area contributed by atoms with E-state index < -0.39 is 0 Å². The van der Waals surface area contributed by atoms with Crippen LogP contribution in [0.2, 0.25) is 0 Å². The van der Waals surface area contributed by atoms with E-state index in [2.05, 4.69) is 48.0 Å². The van der Waals surface area contributed by atoms with Crippen LogP contribution in [0.1, 0.15) is 36.2 Å². The third kappa shape index (κ3) is 2.36. The molecule has 0 spiro atoms. The summed E-state index contributed by atoms with van der Waals surface area (Å²) in [6.07, 6.45) is 2.30. The van der Waals surface area contributed by atoms with E-state index >= 15 is 0 Å². The summed E-state index contributed by atoms with van der Waals surface area (Å²) in [7, 11) is 0. The summed E-state index contributed by atoms with van der Waals surface area (Å²) in [5.41, 5.74) is 2.73. The molecule has 0 fully saturated rings. The maximum Gasteiger partial charge on any atom is 0.122 e. The molecule has 82 valence electrons. The molecule has 0 aromatic heterocycles. The zero-order valence-electron chi connectivity index (χ0n) is 9.29. The van der Waals surface area contributed by atoms with Crippen LogP contribution in [0, 0.1) is 5.92 Å². The van der Waals surface area contributed by atoms with Crippen LogP contribution >= 0.6 is 15.9 Å². The number of alkyl halides is 1. The van der Waals surface area contributed by atoms with Gasteiger partial charge in [-0.2, -0.15) is 0 Å². The molecule has 0 bridgehead atoms. The Morgan fingerprint density at radius 3 is 2.87 bits per heavy atom. The van der Waals surface area contributed by atoms with Gasteiger partial charge in [-0.15, -0.1) is 0 Å². The molecule has 1 aromatic rings. The summed E-state index contributed by atoms with van der Waals surface area (Å²) in [6, 6.07) is 6.57. The first kappa shape index (κ1) is 11.0. The molecule has 2 rings (SSSR count). The van der Waals surface area contributed by atoms with Gasteiger partial charge in [-0.1, -0.05) is 41.9 Å². The highest BCUT2D eigenvalue weighted by atomic mass is 79.9. The van der Waals surface area contributed by atoms with E-state index in [1.807, 2.05) is 0 Å². The van der Waals surface area contributed by atoms with Crippen LogP contribution < -0.4 is 4.74 Å². The SMILES string of the molecule is CC(C)C(Br)c1ccc2c(c1)CCCO2. The van der Waals surface area contributed by atoms with Crippen molar-refractivity contribution in [2.45, 2.75) is 31.5 Å². The van der Waals surface area contributed by atoms with Crippen LogP contribution in [-0.4, -0.2) is 6.61 Å². The molecular weight excluding hydrogens is 252 g/mol. The Bertz CT molecular complexity index is 346. The van der Waals surface area contributed by atoms with Crippen LogP contribution in [0.3, 0.4) is 0 Å². The smallest absolute Gasteiger partial charge is 0.122 e. The standard InChI is InChI=1S/C13H17BrO/c1-9(2)13(14)11-5-6-12-10(8-11)4-3-7-15-12/h5-6,8-9,13H,3-4,7H2,1-2H3. The molecule has 0 amide bonds. The fourth-order valence-corrected chi connectivity index (χ4v) is 2.22. The van der Waals surface area contributed by atoms with Gasteiger partial charge in [0.2, 0.25) is 0 Å². The van der Waals surface area contributed by atoms with Gasteiger partial charge in [0.15, 0.2) is 0 Å². The Hall–Kier alpha value is -0.500. The molecule has 0 saturated heterocycles. The van der Waals surface area contributed by atoms with Crippen molar-refractivity contribution in [3.05, 3.63) is 29.3 Å². The van der Waals surface area contributed by atoms with E-state index in [1.165, 1.54) is 11.1 Å². The summed E-state index contributed by atoms with van der Waals surface area (Å²) >= 11 is 3.74. The molecule has 0 radical (unpaired) electrons. The second-order valence-electron chi connectivity index (χ2n) is 4.46. The molecule has 1 unspecified atom stereocenters. The lowest BCUT2D eigenvalue weighted by molar-refractivity contribution is 0.288. The first-order chi connectivity index (χ1) is 7.18. The molecule has 1 aromatic carbocycles. The van der Waals surface area contributed by atoms with E-state index in [0.29, 0.717) is 10.7 Å². The minimum absolute atomic E-state index is 0.449. The van der Waals surface area contributed by atoms with Gasteiger partial charge in [-0.3, -0.25) is 0 Å². The number of hydrogen-bond donors (Lipinski definition) is 0. The molecule has 15 heavy (non-hydrogen) atoms. The number of fused-ring (bicyclic) bond motifs is 1. The summed E-state index contributed by atoms with van der Waals surface area (Å²) in [5, 5.41) is 0. The fourth-order valence-electron chi connectivity index (χ4n) is 1.94.